The molecule has 2 N–H and O–H groups in total. The molecule has 0 saturated carbocycles. The highest BCUT2D eigenvalue weighted by molar-refractivity contribution is 7.99. The third-order valence-electron chi connectivity index (χ3n) is 6.32. The molecule has 0 atom stereocenters. The molecule has 2 heterocycles. The van der Waals surface area contributed by atoms with E-state index in [4.69, 9.17) is 9.72 Å². The second-order valence-corrected chi connectivity index (χ2v) is 10.7. The molecule has 0 unspecified atom stereocenters. The number of aryl methyl sites for hydroxylation is 1. The number of hydrogen-bond acceptors (Lipinski definition) is 8. The highest BCUT2D eigenvalue weighted by atomic mass is 32.2. The van der Waals surface area contributed by atoms with E-state index >= 15 is 0 Å². The minimum absolute atomic E-state index is 0.0231. The Labute approximate surface area is 247 Å². The SMILES string of the molecule is CCCc1ccc2c(Nc3cc(OCc4cccc([N+](=O)[O-])c4)ccc3Sc3ccc(NC(C)=O)cc3)ccnc2n1. The lowest BCUT2D eigenvalue weighted by atomic mass is 10.2. The van der Waals surface area contributed by atoms with Gasteiger partial charge < -0.3 is 15.4 Å². The van der Waals surface area contributed by atoms with Gasteiger partial charge in [0.25, 0.3) is 5.69 Å². The molecule has 5 aromatic rings. The van der Waals surface area contributed by atoms with Crippen molar-refractivity contribution in [1.82, 2.24) is 9.97 Å². The predicted molar refractivity (Wildman–Crippen MR) is 166 cm³/mol. The zero-order valence-electron chi connectivity index (χ0n) is 23.2. The predicted octanol–water partition coefficient (Wildman–Crippen LogP) is 7.92. The molecule has 212 valence electrons. The molecule has 0 radical (unpaired) electrons. The molecule has 5 rings (SSSR count). The van der Waals surface area contributed by atoms with Crippen LogP contribution in [0.2, 0.25) is 0 Å². The van der Waals surface area contributed by atoms with Crippen LogP contribution in [0.4, 0.5) is 22.7 Å². The molecule has 0 fully saturated rings. The lowest BCUT2D eigenvalue weighted by molar-refractivity contribution is -0.384. The number of nitro benzene ring substituents is 1. The van der Waals surface area contributed by atoms with Crippen LogP contribution in [-0.4, -0.2) is 20.8 Å². The Kier molecular flexibility index (Phi) is 8.93. The quantitative estimate of drug-likeness (QED) is 0.120. The Balaban J connectivity index is 1.45. The number of amides is 1. The number of nitrogens with zero attached hydrogens (tertiary/aromatic N) is 3. The Bertz CT molecular complexity index is 1740. The summed E-state index contributed by atoms with van der Waals surface area (Å²) in [5, 5.41) is 18.4. The third kappa shape index (κ3) is 7.21. The van der Waals surface area contributed by atoms with Gasteiger partial charge in [-0.05, 0) is 66.6 Å². The molecule has 0 bridgehead atoms. The van der Waals surface area contributed by atoms with E-state index in [1.165, 1.54) is 19.1 Å². The number of rotatable bonds is 11. The molecule has 0 spiro atoms. The maximum absolute atomic E-state index is 11.4. The van der Waals surface area contributed by atoms with Crippen molar-refractivity contribution in [3.63, 3.8) is 0 Å². The number of ether oxygens (including phenoxy) is 1. The van der Waals surface area contributed by atoms with Crippen molar-refractivity contribution in [1.29, 1.82) is 0 Å². The molecule has 3 aromatic carbocycles. The Morgan fingerprint density at radius 1 is 1.00 bits per heavy atom. The number of carbonyl (C=O) groups is 1. The van der Waals surface area contributed by atoms with E-state index in [9.17, 15) is 14.9 Å². The zero-order chi connectivity index (χ0) is 29.5. The number of nitrogens with one attached hydrogen (secondary N) is 2. The van der Waals surface area contributed by atoms with Gasteiger partial charge in [0, 0.05) is 57.9 Å². The number of carbonyl (C=O) groups excluding carboxylic acids is 1. The molecule has 10 heteroatoms. The summed E-state index contributed by atoms with van der Waals surface area (Å²) in [5.74, 6) is 0.486. The summed E-state index contributed by atoms with van der Waals surface area (Å²) < 4.78 is 6.06. The minimum atomic E-state index is -0.417. The molecule has 1 amide bonds. The van der Waals surface area contributed by atoms with Gasteiger partial charge in [0.15, 0.2) is 5.65 Å². The summed E-state index contributed by atoms with van der Waals surface area (Å²) in [4.78, 5) is 33.3. The fourth-order valence-electron chi connectivity index (χ4n) is 4.37. The number of nitro groups is 1. The highest BCUT2D eigenvalue weighted by Crippen LogP contribution is 2.38. The van der Waals surface area contributed by atoms with Gasteiger partial charge in [-0.15, -0.1) is 0 Å². The molecule has 2 aromatic heterocycles. The van der Waals surface area contributed by atoms with Gasteiger partial charge in [0.2, 0.25) is 5.91 Å². The van der Waals surface area contributed by atoms with Crippen LogP contribution < -0.4 is 15.4 Å². The van der Waals surface area contributed by atoms with Crippen LogP contribution in [0.1, 0.15) is 31.5 Å². The second-order valence-electron chi connectivity index (χ2n) is 9.59. The van der Waals surface area contributed by atoms with Crippen LogP contribution in [0, 0.1) is 10.1 Å². The summed E-state index contributed by atoms with van der Waals surface area (Å²) >= 11 is 1.57. The number of pyridine rings is 2. The molecule has 0 aliphatic rings. The van der Waals surface area contributed by atoms with Crippen LogP contribution in [0.3, 0.4) is 0 Å². The summed E-state index contributed by atoms with van der Waals surface area (Å²) in [6.07, 6.45) is 3.64. The number of aromatic nitrogens is 2. The monoisotopic (exact) mass is 579 g/mol. The first kappa shape index (κ1) is 28.6. The maximum Gasteiger partial charge on any atom is 0.269 e. The van der Waals surface area contributed by atoms with Crippen molar-refractivity contribution in [2.24, 2.45) is 0 Å². The number of fused-ring (bicyclic) bond motifs is 1. The first-order valence-corrected chi connectivity index (χ1v) is 14.3. The average molecular weight is 580 g/mol. The second kappa shape index (κ2) is 13.1. The van der Waals surface area contributed by atoms with Gasteiger partial charge in [0.1, 0.15) is 12.4 Å². The van der Waals surface area contributed by atoms with Crippen LogP contribution in [0.25, 0.3) is 11.0 Å². The zero-order valence-corrected chi connectivity index (χ0v) is 24.0. The highest BCUT2D eigenvalue weighted by Gasteiger charge is 2.12. The molecular formula is C32H29N5O4S. The van der Waals surface area contributed by atoms with Crippen LogP contribution >= 0.6 is 11.8 Å². The molecule has 9 nitrogen and oxygen atoms in total. The van der Waals surface area contributed by atoms with E-state index in [1.807, 2.05) is 60.7 Å². The number of hydrogen-bond donors (Lipinski definition) is 2. The maximum atomic E-state index is 11.4. The van der Waals surface area contributed by atoms with Crippen LogP contribution in [0.15, 0.2) is 101 Å². The van der Waals surface area contributed by atoms with E-state index in [1.54, 1.807) is 30.1 Å². The van der Waals surface area contributed by atoms with Crippen molar-refractivity contribution in [3.8, 4) is 5.75 Å². The number of anilines is 3. The fraction of sp³-hybridized carbons (Fsp3) is 0.156. The van der Waals surface area contributed by atoms with Crippen molar-refractivity contribution in [2.45, 2.75) is 43.1 Å². The summed E-state index contributed by atoms with van der Waals surface area (Å²) in [6, 6.07) is 25.8. The van der Waals surface area contributed by atoms with E-state index in [-0.39, 0.29) is 18.2 Å². The molecule has 0 aliphatic carbocycles. The van der Waals surface area contributed by atoms with Gasteiger partial charge in [0.05, 0.1) is 16.3 Å². The van der Waals surface area contributed by atoms with E-state index < -0.39 is 4.92 Å². The van der Waals surface area contributed by atoms with Gasteiger partial charge in [-0.3, -0.25) is 14.9 Å². The summed E-state index contributed by atoms with van der Waals surface area (Å²) in [7, 11) is 0. The van der Waals surface area contributed by atoms with Crippen molar-refractivity contribution in [3.05, 3.63) is 112 Å². The lowest BCUT2D eigenvalue weighted by Gasteiger charge is -2.16. The first-order valence-electron chi connectivity index (χ1n) is 13.5. The third-order valence-corrected chi connectivity index (χ3v) is 7.40. The molecule has 0 saturated heterocycles. The summed E-state index contributed by atoms with van der Waals surface area (Å²) in [5.41, 5.74) is 4.80. The van der Waals surface area contributed by atoms with Crippen molar-refractivity contribution < 1.29 is 14.5 Å². The molecule has 42 heavy (non-hydrogen) atoms. The minimum Gasteiger partial charge on any atom is -0.489 e. The number of non-ortho nitro benzene ring substituents is 1. The van der Waals surface area contributed by atoms with E-state index in [2.05, 4.69) is 22.5 Å². The first-order chi connectivity index (χ1) is 20.4. The van der Waals surface area contributed by atoms with Crippen LogP contribution in [-0.2, 0) is 17.8 Å². The normalized spacial score (nSPS) is 10.8. The number of benzene rings is 3. The van der Waals surface area contributed by atoms with E-state index in [0.717, 1.165) is 50.8 Å². The van der Waals surface area contributed by atoms with Gasteiger partial charge in [-0.1, -0.05) is 37.2 Å². The van der Waals surface area contributed by atoms with Crippen molar-refractivity contribution >= 4 is 51.5 Å². The average Bonchev–Trinajstić information content (AvgIpc) is 2.98. The van der Waals surface area contributed by atoms with Gasteiger partial charge in [-0.25, -0.2) is 9.97 Å². The van der Waals surface area contributed by atoms with E-state index in [0.29, 0.717) is 17.0 Å². The van der Waals surface area contributed by atoms with Gasteiger partial charge >= 0.3 is 0 Å². The smallest absolute Gasteiger partial charge is 0.269 e. The lowest BCUT2D eigenvalue weighted by Crippen LogP contribution is -2.05. The molecule has 0 aliphatic heterocycles. The standard InChI is InChI=1S/C32H29N5O4S/c1-3-5-23-10-14-28-29(16-17-33-32(28)35-23)36-30-19-26(41-20-22-6-4-7-25(18-22)37(39)40)11-15-31(30)42-27-12-8-24(9-13-27)34-21(2)38/h4,6-19H,3,5,20H2,1-2H3,(H,34,38)(H,33,35,36). The largest absolute Gasteiger partial charge is 0.489 e. The Morgan fingerprint density at radius 3 is 2.60 bits per heavy atom. The summed E-state index contributed by atoms with van der Waals surface area (Å²) in [6.45, 7) is 3.78. The molecular weight excluding hydrogens is 550 g/mol. The van der Waals surface area contributed by atoms with Crippen molar-refractivity contribution in [2.75, 3.05) is 10.6 Å². The Morgan fingerprint density at radius 2 is 1.83 bits per heavy atom. The fourth-order valence-corrected chi connectivity index (χ4v) is 5.25. The Hall–Kier alpha value is -4.96. The topological polar surface area (TPSA) is 119 Å². The van der Waals surface area contributed by atoms with Crippen LogP contribution in [0.5, 0.6) is 5.75 Å². The van der Waals surface area contributed by atoms with Gasteiger partial charge in [-0.2, -0.15) is 0 Å².